The number of carbonyl (C=O) groups excluding carboxylic acids is 1. The Hall–Kier alpha value is -3.96. The molecule has 9 nitrogen and oxygen atoms in total. The third-order valence-electron chi connectivity index (χ3n) is 4.15. The number of amides is 1. The maximum Gasteiger partial charge on any atom is 0.422 e. The normalized spacial score (nSPS) is 11.2. The molecule has 0 unspecified atom stereocenters. The number of nitro benzene ring substituents is 1. The van der Waals surface area contributed by atoms with Crippen LogP contribution in [0.2, 0.25) is 0 Å². The van der Waals surface area contributed by atoms with Crippen molar-refractivity contribution in [1.82, 2.24) is 19.9 Å². The summed E-state index contributed by atoms with van der Waals surface area (Å²) in [6.45, 7) is 0.218. The van der Waals surface area contributed by atoms with Crippen LogP contribution in [0.5, 0.6) is 5.75 Å². The molecule has 0 aliphatic rings. The van der Waals surface area contributed by atoms with Crippen molar-refractivity contribution >= 4 is 11.6 Å². The van der Waals surface area contributed by atoms with E-state index in [2.05, 4.69) is 20.0 Å². The summed E-state index contributed by atoms with van der Waals surface area (Å²) in [4.78, 5) is 31.3. The number of aromatic nitrogens is 3. The first-order chi connectivity index (χ1) is 14.6. The van der Waals surface area contributed by atoms with Gasteiger partial charge in [0, 0.05) is 31.2 Å². The quantitative estimate of drug-likeness (QED) is 0.450. The molecule has 2 aromatic heterocycles. The molecule has 3 aromatic rings. The summed E-state index contributed by atoms with van der Waals surface area (Å²) in [7, 11) is 0. The molecule has 0 spiro atoms. The Morgan fingerprint density at radius 2 is 2.00 bits per heavy atom. The standard InChI is InChI=1S/C19H16F3N5O4/c1-12-23-6-7-26(12)17-8-13(4-5-24-17)10-25-18(28)15-9-14(31-11-19(20,21)22)2-3-16(15)27(29)30/h2-9H,10-11H2,1H3,(H,25,28). The van der Waals surface area contributed by atoms with E-state index >= 15 is 0 Å². The lowest BCUT2D eigenvalue weighted by molar-refractivity contribution is -0.385. The fourth-order valence-electron chi connectivity index (χ4n) is 2.71. The van der Waals surface area contributed by atoms with E-state index in [9.17, 15) is 28.1 Å². The van der Waals surface area contributed by atoms with Gasteiger partial charge < -0.3 is 10.1 Å². The lowest BCUT2D eigenvalue weighted by Gasteiger charge is -2.11. The number of alkyl halides is 3. The van der Waals surface area contributed by atoms with Gasteiger partial charge in [0.1, 0.15) is 23.0 Å². The van der Waals surface area contributed by atoms with Crippen LogP contribution in [0.4, 0.5) is 18.9 Å². The summed E-state index contributed by atoms with van der Waals surface area (Å²) in [6, 6.07) is 6.18. The maximum atomic E-state index is 12.5. The first-order valence-corrected chi connectivity index (χ1v) is 8.85. The largest absolute Gasteiger partial charge is 0.484 e. The Labute approximate surface area is 173 Å². The number of nitro groups is 1. The highest BCUT2D eigenvalue weighted by atomic mass is 19.4. The summed E-state index contributed by atoms with van der Waals surface area (Å²) in [5.74, 6) is 0.131. The van der Waals surface area contributed by atoms with Crippen LogP contribution in [-0.2, 0) is 6.54 Å². The fourth-order valence-corrected chi connectivity index (χ4v) is 2.71. The minimum atomic E-state index is -4.59. The summed E-state index contributed by atoms with van der Waals surface area (Å²) >= 11 is 0. The minimum Gasteiger partial charge on any atom is -0.484 e. The molecular formula is C19H16F3N5O4. The number of pyridine rings is 1. The monoisotopic (exact) mass is 435 g/mol. The van der Waals surface area contributed by atoms with E-state index in [1.165, 1.54) is 6.20 Å². The van der Waals surface area contributed by atoms with Crippen LogP contribution in [0, 0.1) is 17.0 Å². The van der Waals surface area contributed by atoms with Crippen LogP contribution < -0.4 is 10.1 Å². The van der Waals surface area contributed by atoms with Crippen LogP contribution in [0.25, 0.3) is 5.82 Å². The third kappa shape index (κ3) is 5.56. The molecule has 1 N–H and O–H groups in total. The highest BCUT2D eigenvalue weighted by molar-refractivity contribution is 5.98. The predicted molar refractivity (Wildman–Crippen MR) is 102 cm³/mol. The molecule has 1 amide bonds. The van der Waals surface area contributed by atoms with Gasteiger partial charge in [-0.15, -0.1) is 0 Å². The van der Waals surface area contributed by atoms with E-state index in [0.717, 1.165) is 18.2 Å². The Balaban J connectivity index is 1.76. The number of nitrogens with zero attached hydrogens (tertiary/aromatic N) is 4. The van der Waals surface area contributed by atoms with Crippen molar-refractivity contribution in [2.45, 2.75) is 19.6 Å². The zero-order chi connectivity index (χ0) is 22.6. The number of hydrogen-bond donors (Lipinski definition) is 1. The molecule has 1 aromatic carbocycles. The molecule has 162 valence electrons. The van der Waals surface area contributed by atoms with Gasteiger partial charge in [-0.2, -0.15) is 13.2 Å². The average Bonchev–Trinajstić information content (AvgIpc) is 3.15. The molecule has 3 rings (SSSR count). The molecule has 0 saturated heterocycles. The predicted octanol–water partition coefficient (Wildman–Crippen LogP) is 3.36. The van der Waals surface area contributed by atoms with Crippen LogP contribution >= 0.6 is 0 Å². The van der Waals surface area contributed by atoms with Crippen molar-refractivity contribution in [3.8, 4) is 11.6 Å². The summed E-state index contributed by atoms with van der Waals surface area (Å²) in [5, 5.41) is 13.7. The number of halogens is 3. The summed E-state index contributed by atoms with van der Waals surface area (Å²) < 4.78 is 43.4. The van der Waals surface area contributed by atoms with Crippen molar-refractivity contribution in [2.75, 3.05) is 6.61 Å². The number of imidazole rings is 1. The zero-order valence-corrected chi connectivity index (χ0v) is 16.1. The van der Waals surface area contributed by atoms with Gasteiger partial charge in [0.15, 0.2) is 6.61 Å². The highest BCUT2D eigenvalue weighted by Crippen LogP contribution is 2.26. The number of aryl methyl sites for hydroxylation is 1. The second-order valence-corrected chi connectivity index (χ2v) is 6.39. The number of nitrogens with one attached hydrogen (secondary N) is 1. The van der Waals surface area contributed by atoms with E-state index in [-0.39, 0.29) is 12.3 Å². The summed E-state index contributed by atoms with van der Waals surface area (Å²) in [6.07, 6.45) is 0.273. The molecule has 0 aliphatic carbocycles. The molecule has 0 atom stereocenters. The van der Waals surface area contributed by atoms with Crippen LogP contribution in [-0.4, -0.2) is 38.1 Å². The number of ether oxygens (including phenoxy) is 1. The molecule has 0 saturated carbocycles. The lowest BCUT2D eigenvalue weighted by Crippen LogP contribution is -2.24. The second kappa shape index (κ2) is 8.81. The number of hydrogen-bond acceptors (Lipinski definition) is 6. The fraction of sp³-hybridized carbons (Fsp3) is 0.211. The van der Waals surface area contributed by atoms with Gasteiger partial charge in [0.05, 0.1) is 4.92 Å². The van der Waals surface area contributed by atoms with Gasteiger partial charge in [0.25, 0.3) is 11.6 Å². The van der Waals surface area contributed by atoms with Gasteiger partial charge in [-0.1, -0.05) is 0 Å². The summed E-state index contributed by atoms with van der Waals surface area (Å²) in [5.41, 5.74) is -0.315. The van der Waals surface area contributed by atoms with Gasteiger partial charge in [-0.3, -0.25) is 19.5 Å². The van der Waals surface area contributed by atoms with Crippen molar-refractivity contribution in [3.05, 3.63) is 76.0 Å². The van der Waals surface area contributed by atoms with Crippen molar-refractivity contribution < 1.29 is 27.6 Å². The smallest absolute Gasteiger partial charge is 0.422 e. The molecule has 2 heterocycles. The molecule has 12 heteroatoms. The minimum absolute atomic E-state index is 0.00683. The first-order valence-electron chi connectivity index (χ1n) is 8.85. The lowest BCUT2D eigenvalue weighted by atomic mass is 10.1. The van der Waals surface area contributed by atoms with E-state index < -0.39 is 34.9 Å². The molecule has 0 fully saturated rings. The average molecular weight is 435 g/mol. The Morgan fingerprint density at radius 3 is 2.65 bits per heavy atom. The Kier molecular flexibility index (Phi) is 6.18. The van der Waals surface area contributed by atoms with Crippen LogP contribution in [0.15, 0.2) is 48.9 Å². The number of benzene rings is 1. The Morgan fingerprint density at radius 1 is 1.23 bits per heavy atom. The number of carbonyl (C=O) groups is 1. The Bertz CT molecular complexity index is 1110. The SMILES string of the molecule is Cc1nccn1-c1cc(CNC(=O)c2cc(OCC(F)(F)F)ccc2[N+](=O)[O-])ccn1. The maximum absolute atomic E-state index is 12.5. The molecular weight excluding hydrogens is 419 g/mol. The van der Waals surface area contributed by atoms with Gasteiger partial charge >= 0.3 is 6.18 Å². The topological polar surface area (TPSA) is 112 Å². The highest BCUT2D eigenvalue weighted by Gasteiger charge is 2.29. The molecule has 31 heavy (non-hydrogen) atoms. The zero-order valence-electron chi connectivity index (χ0n) is 16.1. The second-order valence-electron chi connectivity index (χ2n) is 6.39. The van der Waals surface area contributed by atoms with E-state index in [1.807, 2.05) is 0 Å². The van der Waals surface area contributed by atoms with E-state index in [0.29, 0.717) is 17.2 Å². The van der Waals surface area contributed by atoms with Crippen molar-refractivity contribution in [3.63, 3.8) is 0 Å². The first kappa shape index (κ1) is 21.7. The molecule has 0 radical (unpaired) electrons. The molecule has 0 aliphatic heterocycles. The van der Waals surface area contributed by atoms with Gasteiger partial charge in [-0.25, -0.2) is 9.97 Å². The van der Waals surface area contributed by atoms with E-state index in [4.69, 9.17) is 0 Å². The van der Waals surface area contributed by atoms with Crippen molar-refractivity contribution in [1.29, 1.82) is 0 Å². The van der Waals surface area contributed by atoms with Gasteiger partial charge in [0.2, 0.25) is 0 Å². The van der Waals surface area contributed by atoms with Crippen LogP contribution in [0.1, 0.15) is 21.7 Å². The number of rotatable bonds is 7. The van der Waals surface area contributed by atoms with Crippen LogP contribution in [0.3, 0.4) is 0 Å². The third-order valence-corrected chi connectivity index (χ3v) is 4.15. The van der Waals surface area contributed by atoms with Gasteiger partial charge in [-0.05, 0) is 36.8 Å². The van der Waals surface area contributed by atoms with Crippen molar-refractivity contribution in [2.24, 2.45) is 0 Å². The van der Waals surface area contributed by atoms with E-state index in [1.54, 1.807) is 36.0 Å². The molecule has 0 bridgehead atoms.